The Kier molecular flexibility index (Phi) is 3.67. The predicted octanol–water partition coefficient (Wildman–Crippen LogP) is 3.37. The number of H-pyrrole nitrogens is 1. The SMILES string of the molecule is CS[C@@H](C)Cc1[nH]cnc1-c1ccccc1. The molecule has 0 fully saturated rings. The lowest BCUT2D eigenvalue weighted by molar-refractivity contribution is 0.915. The van der Waals surface area contributed by atoms with Gasteiger partial charge in [0.2, 0.25) is 0 Å². The summed E-state index contributed by atoms with van der Waals surface area (Å²) in [6.45, 7) is 2.24. The van der Waals surface area contributed by atoms with Crippen molar-refractivity contribution < 1.29 is 0 Å². The molecule has 1 atom stereocenters. The summed E-state index contributed by atoms with van der Waals surface area (Å²) in [5.41, 5.74) is 3.50. The van der Waals surface area contributed by atoms with Crippen molar-refractivity contribution in [3.05, 3.63) is 42.4 Å². The monoisotopic (exact) mass is 232 g/mol. The van der Waals surface area contributed by atoms with Gasteiger partial charge in [0.1, 0.15) is 0 Å². The molecule has 0 spiro atoms. The highest BCUT2D eigenvalue weighted by atomic mass is 32.2. The number of thioether (sulfide) groups is 1. The van der Waals surface area contributed by atoms with Gasteiger partial charge in [-0.1, -0.05) is 37.3 Å². The summed E-state index contributed by atoms with van der Waals surface area (Å²) in [5, 5.41) is 0.614. The number of aromatic amines is 1. The second-order valence-corrected chi connectivity index (χ2v) is 5.12. The number of hydrogen-bond donors (Lipinski definition) is 1. The van der Waals surface area contributed by atoms with Crippen molar-refractivity contribution in [1.82, 2.24) is 9.97 Å². The molecule has 84 valence electrons. The van der Waals surface area contributed by atoms with Crippen LogP contribution in [0.15, 0.2) is 36.7 Å². The third kappa shape index (κ3) is 2.47. The molecule has 2 rings (SSSR count). The number of imidazole rings is 1. The van der Waals surface area contributed by atoms with Crippen LogP contribution < -0.4 is 0 Å². The van der Waals surface area contributed by atoms with Gasteiger partial charge in [-0.15, -0.1) is 0 Å². The maximum atomic E-state index is 4.41. The van der Waals surface area contributed by atoms with E-state index in [1.54, 1.807) is 6.33 Å². The van der Waals surface area contributed by atoms with Crippen LogP contribution in [-0.2, 0) is 6.42 Å². The van der Waals surface area contributed by atoms with Gasteiger partial charge in [0.15, 0.2) is 0 Å². The lowest BCUT2D eigenvalue weighted by Gasteiger charge is -2.08. The van der Waals surface area contributed by atoms with Crippen molar-refractivity contribution in [3.63, 3.8) is 0 Å². The zero-order valence-electron chi connectivity index (χ0n) is 9.60. The number of nitrogens with zero attached hydrogens (tertiary/aromatic N) is 1. The summed E-state index contributed by atoms with van der Waals surface area (Å²) in [5.74, 6) is 0. The van der Waals surface area contributed by atoms with Gasteiger partial charge in [0.25, 0.3) is 0 Å². The van der Waals surface area contributed by atoms with E-state index < -0.39 is 0 Å². The minimum atomic E-state index is 0.614. The molecule has 1 aromatic carbocycles. The highest BCUT2D eigenvalue weighted by Gasteiger charge is 2.10. The molecule has 3 heteroatoms. The molecule has 1 heterocycles. The first-order valence-electron chi connectivity index (χ1n) is 5.41. The van der Waals surface area contributed by atoms with Crippen molar-refractivity contribution in [2.75, 3.05) is 6.26 Å². The normalized spacial score (nSPS) is 12.6. The Labute approximate surface area is 101 Å². The molecule has 1 aromatic heterocycles. The van der Waals surface area contributed by atoms with E-state index in [1.807, 2.05) is 30.0 Å². The Hall–Kier alpha value is -1.22. The first-order chi connectivity index (χ1) is 7.81. The summed E-state index contributed by atoms with van der Waals surface area (Å²) in [6, 6.07) is 10.3. The fourth-order valence-electron chi connectivity index (χ4n) is 1.69. The fourth-order valence-corrected chi connectivity index (χ4v) is 2.03. The summed E-state index contributed by atoms with van der Waals surface area (Å²) in [7, 11) is 0. The number of rotatable bonds is 4. The van der Waals surface area contributed by atoms with Gasteiger partial charge in [-0.2, -0.15) is 11.8 Å². The van der Waals surface area contributed by atoms with Crippen molar-refractivity contribution in [1.29, 1.82) is 0 Å². The molecule has 0 aliphatic carbocycles. The van der Waals surface area contributed by atoms with Crippen molar-refractivity contribution in [2.45, 2.75) is 18.6 Å². The summed E-state index contributed by atoms with van der Waals surface area (Å²) in [4.78, 5) is 7.65. The average molecular weight is 232 g/mol. The molecular weight excluding hydrogens is 216 g/mol. The van der Waals surface area contributed by atoms with Crippen LogP contribution in [0, 0.1) is 0 Å². The zero-order valence-corrected chi connectivity index (χ0v) is 10.4. The Balaban J connectivity index is 2.26. The van der Waals surface area contributed by atoms with Crippen LogP contribution in [0.5, 0.6) is 0 Å². The molecule has 2 aromatic rings. The smallest absolute Gasteiger partial charge is 0.0929 e. The maximum Gasteiger partial charge on any atom is 0.0929 e. The molecule has 0 amide bonds. The largest absolute Gasteiger partial charge is 0.348 e. The lowest BCUT2D eigenvalue weighted by atomic mass is 10.1. The first kappa shape index (κ1) is 11.3. The molecule has 16 heavy (non-hydrogen) atoms. The standard InChI is InChI=1S/C13H16N2S/c1-10(16-2)8-12-13(15-9-14-12)11-6-4-3-5-7-11/h3-7,9-10H,8H2,1-2H3,(H,14,15)/t10-/m0/s1. The summed E-state index contributed by atoms with van der Waals surface area (Å²) in [6.07, 6.45) is 4.96. The van der Waals surface area contributed by atoms with Crippen LogP contribution in [0.3, 0.4) is 0 Å². The van der Waals surface area contributed by atoms with E-state index in [4.69, 9.17) is 0 Å². The molecule has 0 bridgehead atoms. The van der Waals surface area contributed by atoms with Crippen molar-refractivity contribution in [2.24, 2.45) is 0 Å². The molecule has 1 N–H and O–H groups in total. The van der Waals surface area contributed by atoms with Gasteiger partial charge >= 0.3 is 0 Å². The van der Waals surface area contributed by atoms with Crippen LogP contribution >= 0.6 is 11.8 Å². The topological polar surface area (TPSA) is 28.7 Å². The second-order valence-electron chi connectivity index (χ2n) is 3.85. The van der Waals surface area contributed by atoms with Gasteiger partial charge in [-0.05, 0) is 6.26 Å². The van der Waals surface area contributed by atoms with Gasteiger partial charge in [0.05, 0.1) is 12.0 Å². The number of hydrogen-bond acceptors (Lipinski definition) is 2. The van der Waals surface area contributed by atoms with E-state index in [0.717, 1.165) is 12.1 Å². The number of benzene rings is 1. The molecule has 0 unspecified atom stereocenters. The maximum absolute atomic E-state index is 4.41. The van der Waals surface area contributed by atoms with Crippen molar-refractivity contribution >= 4 is 11.8 Å². The molecule has 2 nitrogen and oxygen atoms in total. The lowest BCUT2D eigenvalue weighted by Crippen LogP contribution is -2.02. The molecule has 0 radical (unpaired) electrons. The van der Waals surface area contributed by atoms with Crippen LogP contribution in [0.4, 0.5) is 0 Å². The van der Waals surface area contributed by atoms with Crippen LogP contribution in [0.2, 0.25) is 0 Å². The summed E-state index contributed by atoms with van der Waals surface area (Å²) < 4.78 is 0. The van der Waals surface area contributed by atoms with E-state index in [2.05, 4.69) is 35.3 Å². The van der Waals surface area contributed by atoms with E-state index >= 15 is 0 Å². The third-order valence-electron chi connectivity index (χ3n) is 2.66. The minimum absolute atomic E-state index is 0.614. The minimum Gasteiger partial charge on any atom is -0.348 e. The van der Waals surface area contributed by atoms with E-state index in [9.17, 15) is 0 Å². The Bertz CT molecular complexity index is 436. The van der Waals surface area contributed by atoms with Gasteiger partial charge < -0.3 is 4.98 Å². The highest BCUT2D eigenvalue weighted by molar-refractivity contribution is 7.99. The quantitative estimate of drug-likeness (QED) is 0.875. The van der Waals surface area contributed by atoms with Gasteiger partial charge in [-0.3, -0.25) is 0 Å². The number of nitrogens with one attached hydrogen (secondary N) is 1. The Morgan fingerprint density at radius 3 is 2.75 bits per heavy atom. The Morgan fingerprint density at radius 1 is 1.31 bits per heavy atom. The third-order valence-corrected chi connectivity index (χ3v) is 3.63. The molecule has 0 saturated carbocycles. The van der Waals surface area contributed by atoms with Gasteiger partial charge in [-0.25, -0.2) is 4.98 Å². The molecule has 0 saturated heterocycles. The van der Waals surface area contributed by atoms with E-state index in [1.165, 1.54) is 11.3 Å². The fraction of sp³-hybridized carbons (Fsp3) is 0.308. The predicted molar refractivity (Wildman–Crippen MR) is 70.7 cm³/mol. The Morgan fingerprint density at radius 2 is 2.06 bits per heavy atom. The summed E-state index contributed by atoms with van der Waals surface area (Å²) >= 11 is 1.88. The molecule has 0 aliphatic heterocycles. The second kappa shape index (κ2) is 5.21. The van der Waals surface area contributed by atoms with Gasteiger partial charge in [0, 0.05) is 22.9 Å². The molecule has 0 aliphatic rings. The highest BCUT2D eigenvalue weighted by Crippen LogP contribution is 2.22. The number of aromatic nitrogens is 2. The van der Waals surface area contributed by atoms with Crippen LogP contribution in [0.25, 0.3) is 11.3 Å². The average Bonchev–Trinajstić information content (AvgIpc) is 2.78. The first-order valence-corrected chi connectivity index (χ1v) is 6.70. The molecular formula is C13H16N2S. The van der Waals surface area contributed by atoms with Crippen LogP contribution in [-0.4, -0.2) is 21.5 Å². The van der Waals surface area contributed by atoms with Crippen LogP contribution in [0.1, 0.15) is 12.6 Å². The van der Waals surface area contributed by atoms with Crippen molar-refractivity contribution in [3.8, 4) is 11.3 Å². The zero-order chi connectivity index (χ0) is 11.4. The van der Waals surface area contributed by atoms with E-state index in [0.29, 0.717) is 5.25 Å². The van der Waals surface area contributed by atoms with E-state index in [-0.39, 0.29) is 0 Å².